The lowest BCUT2D eigenvalue weighted by molar-refractivity contribution is -0.138. The van der Waals surface area contributed by atoms with E-state index in [9.17, 15) is 9.18 Å². The van der Waals surface area contributed by atoms with Gasteiger partial charge in [-0.15, -0.1) is 12.4 Å². The van der Waals surface area contributed by atoms with E-state index in [0.717, 1.165) is 23.3 Å². The molecule has 0 radical (unpaired) electrons. The number of ether oxygens (including phenoxy) is 1. The van der Waals surface area contributed by atoms with Crippen LogP contribution in [0.2, 0.25) is 0 Å². The van der Waals surface area contributed by atoms with E-state index in [0.29, 0.717) is 6.61 Å². The van der Waals surface area contributed by atoms with Gasteiger partial charge in [0.05, 0.1) is 6.54 Å². The first-order chi connectivity index (χ1) is 11.4. The SMILES string of the molecule is C[C@H](Cc1ccc(OCc2cccc(F)c2)cc1)N(C)CC(=O)O.Cl. The first-order valence-electron chi connectivity index (χ1n) is 7.82. The van der Waals surface area contributed by atoms with Crippen LogP contribution in [0.1, 0.15) is 18.1 Å². The van der Waals surface area contributed by atoms with E-state index in [1.807, 2.05) is 37.3 Å². The third-order valence-corrected chi connectivity index (χ3v) is 3.89. The Balaban J connectivity index is 0.00000312. The van der Waals surface area contributed by atoms with Crippen LogP contribution in [0.25, 0.3) is 0 Å². The highest BCUT2D eigenvalue weighted by Crippen LogP contribution is 2.16. The molecule has 4 nitrogen and oxygen atoms in total. The van der Waals surface area contributed by atoms with Gasteiger partial charge in [0, 0.05) is 6.04 Å². The Morgan fingerprint density at radius 1 is 1.20 bits per heavy atom. The van der Waals surface area contributed by atoms with Gasteiger partial charge in [0.25, 0.3) is 0 Å². The number of likely N-dealkylation sites (N-methyl/N-ethyl adjacent to an activating group) is 1. The molecule has 2 aromatic carbocycles. The lowest BCUT2D eigenvalue weighted by atomic mass is 10.1. The summed E-state index contributed by atoms with van der Waals surface area (Å²) in [6, 6.07) is 14.1. The van der Waals surface area contributed by atoms with Crippen molar-refractivity contribution in [2.45, 2.75) is 26.0 Å². The predicted molar refractivity (Wildman–Crippen MR) is 97.9 cm³/mol. The van der Waals surface area contributed by atoms with Crippen molar-refractivity contribution in [3.05, 3.63) is 65.5 Å². The van der Waals surface area contributed by atoms with E-state index in [1.165, 1.54) is 12.1 Å². The minimum atomic E-state index is -0.828. The van der Waals surface area contributed by atoms with Crippen molar-refractivity contribution in [3.8, 4) is 5.75 Å². The number of carboxylic acid groups (broad SMARTS) is 1. The largest absolute Gasteiger partial charge is 0.489 e. The van der Waals surface area contributed by atoms with E-state index < -0.39 is 5.97 Å². The molecule has 0 bridgehead atoms. The molecular weight excluding hydrogens is 345 g/mol. The van der Waals surface area contributed by atoms with Crippen LogP contribution in [0.3, 0.4) is 0 Å². The van der Waals surface area contributed by atoms with E-state index in [1.54, 1.807) is 18.0 Å². The molecule has 2 rings (SSSR count). The predicted octanol–water partition coefficient (Wildman–Crippen LogP) is 3.77. The van der Waals surface area contributed by atoms with Gasteiger partial charge in [-0.2, -0.15) is 0 Å². The van der Waals surface area contributed by atoms with Crippen LogP contribution in [-0.2, 0) is 17.8 Å². The summed E-state index contributed by atoms with van der Waals surface area (Å²) in [5.74, 6) is -0.383. The van der Waals surface area contributed by atoms with E-state index in [4.69, 9.17) is 9.84 Å². The molecule has 0 amide bonds. The van der Waals surface area contributed by atoms with Crippen molar-refractivity contribution in [1.82, 2.24) is 4.90 Å². The summed E-state index contributed by atoms with van der Waals surface area (Å²) in [4.78, 5) is 12.5. The number of carbonyl (C=O) groups is 1. The minimum absolute atomic E-state index is 0. The van der Waals surface area contributed by atoms with Crippen LogP contribution in [-0.4, -0.2) is 35.6 Å². The second-order valence-electron chi connectivity index (χ2n) is 5.92. The first kappa shape index (κ1) is 20.9. The quantitative estimate of drug-likeness (QED) is 0.771. The van der Waals surface area contributed by atoms with Crippen molar-refractivity contribution in [2.75, 3.05) is 13.6 Å². The maximum absolute atomic E-state index is 13.1. The molecule has 0 saturated heterocycles. The molecule has 0 aliphatic rings. The third-order valence-electron chi connectivity index (χ3n) is 3.89. The molecular formula is C19H23ClFNO3. The van der Waals surface area contributed by atoms with Crippen LogP contribution in [0, 0.1) is 5.82 Å². The number of aliphatic carboxylic acids is 1. The second kappa shape index (κ2) is 10.0. The van der Waals surface area contributed by atoms with Crippen LogP contribution in [0.4, 0.5) is 4.39 Å². The van der Waals surface area contributed by atoms with Gasteiger partial charge in [0.2, 0.25) is 0 Å². The molecule has 0 aromatic heterocycles. The summed E-state index contributed by atoms with van der Waals surface area (Å²) in [6.45, 7) is 2.34. The molecule has 0 heterocycles. The summed E-state index contributed by atoms with van der Waals surface area (Å²) in [5, 5.41) is 8.82. The number of rotatable bonds is 8. The molecule has 1 atom stereocenters. The number of halogens is 2. The molecule has 0 unspecified atom stereocenters. The standard InChI is InChI=1S/C19H22FNO3.ClH/c1-14(21(2)12-19(22)23)10-15-6-8-18(9-7-15)24-13-16-4-3-5-17(20)11-16;/h3-9,11,14H,10,12-13H2,1-2H3,(H,22,23);1H/t14-;/m1./s1. The Hall–Kier alpha value is -2.11. The monoisotopic (exact) mass is 367 g/mol. The van der Waals surface area contributed by atoms with Crippen LogP contribution in [0.5, 0.6) is 5.75 Å². The lowest BCUT2D eigenvalue weighted by Crippen LogP contribution is -2.35. The Morgan fingerprint density at radius 3 is 2.48 bits per heavy atom. The molecule has 0 spiro atoms. The average Bonchev–Trinajstić information content (AvgIpc) is 2.53. The maximum atomic E-state index is 13.1. The number of carboxylic acids is 1. The van der Waals surface area contributed by atoms with Gasteiger partial charge in [0.15, 0.2) is 0 Å². The zero-order chi connectivity index (χ0) is 17.5. The molecule has 0 aliphatic carbocycles. The van der Waals surface area contributed by atoms with Gasteiger partial charge < -0.3 is 9.84 Å². The first-order valence-corrected chi connectivity index (χ1v) is 7.82. The highest BCUT2D eigenvalue weighted by atomic mass is 35.5. The van der Waals surface area contributed by atoms with Gasteiger partial charge >= 0.3 is 5.97 Å². The van der Waals surface area contributed by atoms with Crippen LogP contribution < -0.4 is 4.74 Å². The van der Waals surface area contributed by atoms with Crippen molar-refractivity contribution in [1.29, 1.82) is 0 Å². The molecule has 0 fully saturated rings. The highest BCUT2D eigenvalue weighted by Gasteiger charge is 2.12. The van der Waals surface area contributed by atoms with Crippen molar-refractivity contribution in [2.24, 2.45) is 0 Å². The average molecular weight is 368 g/mol. The van der Waals surface area contributed by atoms with Gasteiger partial charge in [-0.05, 0) is 55.8 Å². The molecule has 0 saturated carbocycles. The Bertz CT molecular complexity index is 679. The normalized spacial score (nSPS) is 11.7. The Kier molecular flexibility index (Phi) is 8.38. The van der Waals surface area contributed by atoms with Crippen molar-refractivity contribution in [3.63, 3.8) is 0 Å². The van der Waals surface area contributed by atoms with Gasteiger partial charge in [0.1, 0.15) is 18.2 Å². The fraction of sp³-hybridized carbons (Fsp3) is 0.316. The van der Waals surface area contributed by atoms with E-state index in [-0.39, 0.29) is 30.8 Å². The fourth-order valence-electron chi connectivity index (χ4n) is 2.38. The zero-order valence-electron chi connectivity index (χ0n) is 14.3. The Labute approximate surface area is 153 Å². The smallest absolute Gasteiger partial charge is 0.317 e. The summed E-state index contributed by atoms with van der Waals surface area (Å²) in [5.41, 5.74) is 1.89. The third kappa shape index (κ3) is 7.11. The highest BCUT2D eigenvalue weighted by molar-refractivity contribution is 5.85. The van der Waals surface area contributed by atoms with Gasteiger partial charge in [-0.25, -0.2) is 4.39 Å². The Morgan fingerprint density at radius 2 is 1.88 bits per heavy atom. The van der Waals surface area contributed by atoms with E-state index >= 15 is 0 Å². The van der Waals surface area contributed by atoms with Gasteiger partial charge in [-0.1, -0.05) is 24.3 Å². The summed E-state index contributed by atoms with van der Waals surface area (Å²) < 4.78 is 18.8. The van der Waals surface area contributed by atoms with Crippen molar-refractivity contribution >= 4 is 18.4 Å². The molecule has 1 N–H and O–H groups in total. The van der Waals surface area contributed by atoms with Gasteiger partial charge in [-0.3, -0.25) is 9.69 Å². The topological polar surface area (TPSA) is 49.8 Å². The summed E-state index contributed by atoms with van der Waals surface area (Å²) in [7, 11) is 1.80. The molecule has 25 heavy (non-hydrogen) atoms. The molecule has 0 aliphatic heterocycles. The molecule has 136 valence electrons. The fourth-order valence-corrected chi connectivity index (χ4v) is 2.38. The number of hydrogen-bond donors (Lipinski definition) is 1. The molecule has 6 heteroatoms. The number of benzene rings is 2. The van der Waals surface area contributed by atoms with E-state index in [2.05, 4.69) is 0 Å². The zero-order valence-corrected chi connectivity index (χ0v) is 15.1. The minimum Gasteiger partial charge on any atom is -0.489 e. The van der Waals surface area contributed by atoms with Crippen LogP contribution in [0.15, 0.2) is 48.5 Å². The number of hydrogen-bond acceptors (Lipinski definition) is 3. The lowest BCUT2D eigenvalue weighted by Gasteiger charge is -2.22. The maximum Gasteiger partial charge on any atom is 0.317 e. The second-order valence-corrected chi connectivity index (χ2v) is 5.92. The van der Waals surface area contributed by atoms with Crippen molar-refractivity contribution < 1.29 is 19.0 Å². The number of nitrogens with zero attached hydrogens (tertiary/aromatic N) is 1. The molecule has 2 aromatic rings. The summed E-state index contributed by atoms with van der Waals surface area (Å²) >= 11 is 0. The summed E-state index contributed by atoms with van der Waals surface area (Å²) in [6.07, 6.45) is 0.758. The van der Waals surface area contributed by atoms with Crippen LogP contribution >= 0.6 is 12.4 Å².